The van der Waals surface area contributed by atoms with E-state index in [4.69, 9.17) is 9.47 Å². The van der Waals surface area contributed by atoms with Crippen molar-refractivity contribution in [3.05, 3.63) is 0 Å². The number of carbonyl (C=O) groups excluding carboxylic acids is 2. The first-order valence-corrected chi connectivity index (χ1v) is 7.03. The molecule has 5 heteroatoms. The zero-order chi connectivity index (χ0) is 14.7. The van der Waals surface area contributed by atoms with E-state index in [9.17, 15) is 9.59 Å². The molecule has 0 aromatic carbocycles. The van der Waals surface area contributed by atoms with Crippen LogP contribution in [0.3, 0.4) is 0 Å². The van der Waals surface area contributed by atoms with Crippen molar-refractivity contribution in [3.8, 4) is 0 Å². The summed E-state index contributed by atoms with van der Waals surface area (Å²) < 4.78 is 14.8. The molecule has 0 N–H and O–H groups in total. The Bertz CT molecular complexity index is 277. The van der Waals surface area contributed by atoms with E-state index in [1.54, 1.807) is 13.8 Å². The summed E-state index contributed by atoms with van der Waals surface area (Å²) in [6, 6.07) is 0. The lowest BCUT2D eigenvalue weighted by Gasteiger charge is -2.29. The minimum absolute atomic E-state index is 0.172. The molecule has 0 bridgehead atoms. The van der Waals surface area contributed by atoms with Gasteiger partial charge in [0.1, 0.15) is 0 Å². The smallest absolute Gasteiger partial charge is 0.466 e. The quantitative estimate of drug-likeness (QED) is 0.604. The van der Waals surface area contributed by atoms with Gasteiger partial charge in [-0.3, -0.25) is 4.79 Å². The van der Waals surface area contributed by atoms with Gasteiger partial charge in [-0.1, -0.05) is 20.3 Å². The highest BCUT2D eigenvalue weighted by Crippen LogP contribution is 2.34. The molecule has 0 saturated heterocycles. The number of esters is 1. The van der Waals surface area contributed by atoms with Crippen LogP contribution < -0.4 is 0 Å². The van der Waals surface area contributed by atoms with Gasteiger partial charge in [0.2, 0.25) is 0 Å². The molecule has 0 aromatic heterocycles. The van der Waals surface area contributed by atoms with Gasteiger partial charge >= 0.3 is 12.1 Å². The third-order valence-corrected chi connectivity index (χ3v) is 3.18. The van der Waals surface area contributed by atoms with Gasteiger partial charge in [-0.15, -0.1) is 0 Å². The zero-order valence-electron chi connectivity index (χ0n) is 12.5. The van der Waals surface area contributed by atoms with Gasteiger partial charge in [0.25, 0.3) is 0 Å². The molecule has 0 aliphatic heterocycles. The van der Waals surface area contributed by atoms with E-state index < -0.39 is 11.6 Å². The molecule has 19 heavy (non-hydrogen) atoms. The van der Waals surface area contributed by atoms with Crippen LogP contribution in [0.4, 0.5) is 4.79 Å². The topological polar surface area (TPSA) is 61.8 Å². The normalized spacial score (nSPS) is 13.5. The Balaban J connectivity index is 4.49. The van der Waals surface area contributed by atoms with Crippen LogP contribution in [-0.4, -0.2) is 31.9 Å². The summed E-state index contributed by atoms with van der Waals surface area (Å²) in [5.74, 6) is -0.202. The molecule has 0 heterocycles. The highest BCUT2D eigenvalue weighted by Gasteiger charge is 2.37. The third kappa shape index (κ3) is 5.94. The van der Waals surface area contributed by atoms with E-state index in [-0.39, 0.29) is 19.2 Å². The summed E-state index contributed by atoms with van der Waals surface area (Å²) >= 11 is 0. The van der Waals surface area contributed by atoms with Crippen LogP contribution >= 0.6 is 0 Å². The Labute approximate surface area is 115 Å². The molecule has 112 valence electrons. The highest BCUT2D eigenvalue weighted by molar-refractivity contribution is 5.76. The second-order valence-electron chi connectivity index (χ2n) is 4.39. The molecule has 0 saturated carbocycles. The van der Waals surface area contributed by atoms with Gasteiger partial charge < -0.3 is 14.2 Å². The van der Waals surface area contributed by atoms with Crippen LogP contribution in [0.25, 0.3) is 0 Å². The minimum atomic E-state index is -0.687. The third-order valence-electron chi connectivity index (χ3n) is 3.18. The number of rotatable bonds is 9. The lowest BCUT2D eigenvalue weighted by molar-refractivity contribution is -0.157. The first-order valence-electron chi connectivity index (χ1n) is 7.03. The molecule has 0 radical (unpaired) electrons. The van der Waals surface area contributed by atoms with Crippen molar-refractivity contribution < 1.29 is 23.8 Å². The van der Waals surface area contributed by atoms with Crippen LogP contribution in [0, 0.1) is 5.41 Å². The number of hydrogen-bond acceptors (Lipinski definition) is 5. The van der Waals surface area contributed by atoms with Crippen molar-refractivity contribution in [2.45, 2.75) is 53.4 Å². The molecule has 0 rings (SSSR count). The average molecular weight is 274 g/mol. The van der Waals surface area contributed by atoms with E-state index in [0.717, 1.165) is 12.8 Å². The summed E-state index contributed by atoms with van der Waals surface area (Å²) in [6.07, 6.45) is 2.06. The molecular formula is C14H26O5. The number of carbonyl (C=O) groups is 2. The lowest BCUT2D eigenvalue weighted by Crippen LogP contribution is -2.34. The lowest BCUT2D eigenvalue weighted by atomic mass is 9.78. The van der Waals surface area contributed by atoms with Crippen molar-refractivity contribution in [1.29, 1.82) is 0 Å². The Hall–Kier alpha value is -1.26. The second-order valence-corrected chi connectivity index (χ2v) is 4.39. The van der Waals surface area contributed by atoms with Crippen LogP contribution in [-0.2, 0) is 19.0 Å². The summed E-state index contributed by atoms with van der Waals surface area (Å²) in [7, 11) is 0. The van der Waals surface area contributed by atoms with Gasteiger partial charge in [-0.25, -0.2) is 4.79 Å². The standard InChI is InChI=1S/C14H26O5/c1-5-9-14(6-2,12(15)17-7-3)10-11-19-13(16)18-8-4/h5-11H2,1-4H3. The monoisotopic (exact) mass is 274 g/mol. The fourth-order valence-corrected chi connectivity index (χ4v) is 2.08. The second kappa shape index (κ2) is 9.64. The first kappa shape index (κ1) is 17.7. The molecule has 1 atom stereocenters. The summed E-state index contributed by atoms with van der Waals surface area (Å²) in [5, 5.41) is 0. The molecule has 0 fully saturated rings. The molecular weight excluding hydrogens is 248 g/mol. The molecule has 0 aliphatic rings. The summed E-state index contributed by atoms with van der Waals surface area (Å²) in [5.41, 5.74) is -0.558. The molecule has 0 spiro atoms. The van der Waals surface area contributed by atoms with Gasteiger partial charge in [0.15, 0.2) is 0 Å². The van der Waals surface area contributed by atoms with Crippen LogP contribution in [0.1, 0.15) is 53.4 Å². The van der Waals surface area contributed by atoms with Crippen LogP contribution in [0.5, 0.6) is 0 Å². The Morgan fingerprint density at radius 3 is 2.00 bits per heavy atom. The Morgan fingerprint density at radius 2 is 1.53 bits per heavy atom. The number of ether oxygens (including phenoxy) is 3. The first-order chi connectivity index (χ1) is 9.06. The largest absolute Gasteiger partial charge is 0.508 e. The Kier molecular flexibility index (Phi) is 9.00. The molecule has 0 amide bonds. The fourth-order valence-electron chi connectivity index (χ4n) is 2.08. The maximum absolute atomic E-state index is 12.1. The predicted octanol–water partition coefficient (Wildman–Crippen LogP) is 3.31. The molecule has 5 nitrogen and oxygen atoms in total. The van der Waals surface area contributed by atoms with Gasteiger partial charge in [-0.05, 0) is 33.1 Å². The van der Waals surface area contributed by atoms with E-state index in [1.807, 2.05) is 13.8 Å². The summed E-state index contributed by atoms with van der Waals surface area (Å²) in [4.78, 5) is 23.2. The fraction of sp³-hybridized carbons (Fsp3) is 0.857. The Morgan fingerprint density at radius 1 is 0.895 bits per heavy atom. The maximum atomic E-state index is 12.1. The van der Waals surface area contributed by atoms with Gasteiger partial charge in [-0.2, -0.15) is 0 Å². The van der Waals surface area contributed by atoms with Crippen molar-refractivity contribution >= 4 is 12.1 Å². The van der Waals surface area contributed by atoms with Crippen molar-refractivity contribution in [2.24, 2.45) is 5.41 Å². The van der Waals surface area contributed by atoms with Gasteiger partial charge in [0.05, 0.1) is 25.2 Å². The van der Waals surface area contributed by atoms with Crippen LogP contribution in [0.15, 0.2) is 0 Å². The average Bonchev–Trinajstić information content (AvgIpc) is 2.38. The maximum Gasteiger partial charge on any atom is 0.508 e. The molecule has 0 aromatic rings. The van der Waals surface area contributed by atoms with E-state index in [1.165, 1.54) is 0 Å². The van der Waals surface area contributed by atoms with E-state index in [2.05, 4.69) is 4.74 Å². The van der Waals surface area contributed by atoms with Crippen LogP contribution in [0.2, 0.25) is 0 Å². The van der Waals surface area contributed by atoms with E-state index >= 15 is 0 Å². The van der Waals surface area contributed by atoms with E-state index in [0.29, 0.717) is 19.4 Å². The molecule has 0 aliphatic carbocycles. The molecule has 1 unspecified atom stereocenters. The summed E-state index contributed by atoms with van der Waals surface area (Å²) in [6.45, 7) is 8.30. The predicted molar refractivity (Wildman–Crippen MR) is 71.9 cm³/mol. The van der Waals surface area contributed by atoms with Crippen molar-refractivity contribution in [1.82, 2.24) is 0 Å². The minimum Gasteiger partial charge on any atom is -0.466 e. The highest BCUT2D eigenvalue weighted by atomic mass is 16.7. The zero-order valence-corrected chi connectivity index (χ0v) is 12.5. The number of hydrogen-bond donors (Lipinski definition) is 0. The van der Waals surface area contributed by atoms with Crippen molar-refractivity contribution in [2.75, 3.05) is 19.8 Å². The SMILES string of the molecule is CCCC(CC)(CCOC(=O)OCC)C(=O)OCC. The van der Waals surface area contributed by atoms with Crippen molar-refractivity contribution in [3.63, 3.8) is 0 Å². The van der Waals surface area contributed by atoms with Gasteiger partial charge in [0, 0.05) is 0 Å².